The number of aryl methyl sites for hydroxylation is 1. The molecule has 7 heteroatoms. The first-order valence-electron chi connectivity index (χ1n) is 4.89. The van der Waals surface area contributed by atoms with Crippen LogP contribution in [0, 0.1) is 17.0 Å². The average molecular weight is 234 g/mol. The Morgan fingerprint density at radius 1 is 1.47 bits per heavy atom. The number of nitrogens with two attached hydrogens (primary N) is 1. The van der Waals surface area contributed by atoms with Crippen LogP contribution in [-0.2, 0) is 6.54 Å². The quantitative estimate of drug-likeness (QED) is 0.635. The number of non-ortho nitro benzene ring substituents is 1. The standard InChI is InChI=1S/C10H10N4O3/c1-6-2-3-7(14(15)16)4-8(6)10-13-12-9(5-11)17-10/h2-4H,5,11H2,1H3. The Hall–Kier alpha value is -2.28. The summed E-state index contributed by atoms with van der Waals surface area (Å²) in [7, 11) is 0. The summed E-state index contributed by atoms with van der Waals surface area (Å²) >= 11 is 0. The summed E-state index contributed by atoms with van der Waals surface area (Å²) in [5, 5.41) is 18.2. The van der Waals surface area contributed by atoms with Crippen LogP contribution < -0.4 is 5.73 Å². The van der Waals surface area contributed by atoms with E-state index in [2.05, 4.69) is 10.2 Å². The predicted octanol–water partition coefficient (Wildman–Crippen LogP) is 1.41. The molecule has 2 aromatic rings. The SMILES string of the molecule is Cc1ccc([N+](=O)[O-])cc1-c1nnc(CN)o1. The van der Waals surface area contributed by atoms with Crippen molar-refractivity contribution in [3.63, 3.8) is 0 Å². The third-order valence-electron chi connectivity index (χ3n) is 2.30. The summed E-state index contributed by atoms with van der Waals surface area (Å²) in [5.41, 5.74) is 6.71. The minimum atomic E-state index is -0.469. The van der Waals surface area contributed by atoms with Gasteiger partial charge in [-0.25, -0.2) is 0 Å². The maximum Gasteiger partial charge on any atom is 0.270 e. The highest BCUT2D eigenvalue weighted by atomic mass is 16.6. The van der Waals surface area contributed by atoms with Crippen LogP contribution in [0.4, 0.5) is 5.69 Å². The van der Waals surface area contributed by atoms with Crippen molar-refractivity contribution in [1.82, 2.24) is 10.2 Å². The number of hydrogen-bond donors (Lipinski definition) is 1. The molecular formula is C10H10N4O3. The summed E-state index contributed by atoms with van der Waals surface area (Å²) in [6, 6.07) is 4.47. The molecule has 0 radical (unpaired) electrons. The average Bonchev–Trinajstić information content (AvgIpc) is 2.77. The van der Waals surface area contributed by atoms with Crippen molar-refractivity contribution in [2.24, 2.45) is 5.73 Å². The van der Waals surface area contributed by atoms with Gasteiger partial charge >= 0.3 is 0 Å². The van der Waals surface area contributed by atoms with E-state index in [0.717, 1.165) is 5.56 Å². The van der Waals surface area contributed by atoms with Gasteiger partial charge in [0.1, 0.15) is 0 Å². The number of nitro benzene ring substituents is 1. The Kier molecular flexibility index (Phi) is 2.84. The molecule has 88 valence electrons. The minimum Gasteiger partial charge on any atom is -0.419 e. The number of nitro groups is 1. The molecule has 17 heavy (non-hydrogen) atoms. The summed E-state index contributed by atoms with van der Waals surface area (Å²) < 4.78 is 5.26. The zero-order chi connectivity index (χ0) is 12.4. The number of nitrogens with zero attached hydrogens (tertiary/aromatic N) is 3. The Balaban J connectivity index is 2.49. The number of rotatable bonds is 3. The van der Waals surface area contributed by atoms with Gasteiger partial charge in [0.05, 0.1) is 11.5 Å². The van der Waals surface area contributed by atoms with Crippen molar-refractivity contribution < 1.29 is 9.34 Å². The summed E-state index contributed by atoms with van der Waals surface area (Å²) in [6.45, 7) is 1.95. The lowest BCUT2D eigenvalue weighted by molar-refractivity contribution is -0.384. The van der Waals surface area contributed by atoms with E-state index < -0.39 is 4.92 Å². The summed E-state index contributed by atoms with van der Waals surface area (Å²) in [5.74, 6) is 0.539. The molecule has 0 aliphatic heterocycles. The van der Waals surface area contributed by atoms with E-state index in [4.69, 9.17) is 10.2 Å². The van der Waals surface area contributed by atoms with Crippen molar-refractivity contribution in [2.45, 2.75) is 13.5 Å². The van der Waals surface area contributed by atoms with Crippen LogP contribution in [0.3, 0.4) is 0 Å². The molecule has 7 nitrogen and oxygen atoms in total. The Morgan fingerprint density at radius 3 is 2.82 bits per heavy atom. The lowest BCUT2D eigenvalue weighted by Gasteiger charge is -2.00. The molecule has 0 unspecified atom stereocenters. The second kappa shape index (κ2) is 4.30. The maximum atomic E-state index is 10.7. The minimum absolute atomic E-state index is 0.0156. The van der Waals surface area contributed by atoms with Crippen molar-refractivity contribution in [2.75, 3.05) is 0 Å². The zero-order valence-corrected chi connectivity index (χ0v) is 9.08. The van der Waals surface area contributed by atoms with E-state index in [0.29, 0.717) is 11.5 Å². The fourth-order valence-corrected chi connectivity index (χ4v) is 1.40. The van der Waals surface area contributed by atoms with Crippen LogP contribution in [0.1, 0.15) is 11.5 Å². The predicted molar refractivity (Wildman–Crippen MR) is 59.0 cm³/mol. The molecule has 0 atom stereocenters. The fourth-order valence-electron chi connectivity index (χ4n) is 1.40. The Bertz CT molecular complexity index is 564. The second-order valence-corrected chi connectivity index (χ2v) is 3.46. The van der Waals surface area contributed by atoms with Crippen molar-refractivity contribution in [3.05, 3.63) is 39.8 Å². The highest BCUT2D eigenvalue weighted by molar-refractivity contribution is 5.62. The van der Waals surface area contributed by atoms with Gasteiger partial charge in [0.15, 0.2) is 0 Å². The molecule has 0 saturated heterocycles. The smallest absolute Gasteiger partial charge is 0.270 e. The third kappa shape index (κ3) is 2.13. The van der Waals surface area contributed by atoms with Gasteiger partial charge in [0.25, 0.3) is 5.69 Å². The molecule has 1 aromatic heterocycles. The van der Waals surface area contributed by atoms with E-state index >= 15 is 0 Å². The van der Waals surface area contributed by atoms with Crippen molar-refractivity contribution in [3.8, 4) is 11.5 Å². The van der Waals surface area contributed by atoms with E-state index in [1.165, 1.54) is 12.1 Å². The largest absolute Gasteiger partial charge is 0.419 e. The highest BCUT2D eigenvalue weighted by Gasteiger charge is 2.14. The Morgan fingerprint density at radius 2 is 2.24 bits per heavy atom. The molecule has 2 N–H and O–H groups in total. The van der Waals surface area contributed by atoms with E-state index in [1.807, 2.05) is 6.92 Å². The lowest BCUT2D eigenvalue weighted by Crippen LogP contribution is -1.95. The maximum absolute atomic E-state index is 10.7. The molecule has 0 fully saturated rings. The van der Waals surface area contributed by atoms with E-state index in [1.54, 1.807) is 6.07 Å². The number of benzene rings is 1. The van der Waals surface area contributed by atoms with Gasteiger partial charge in [0.2, 0.25) is 11.8 Å². The summed E-state index contributed by atoms with van der Waals surface area (Å²) in [4.78, 5) is 10.2. The third-order valence-corrected chi connectivity index (χ3v) is 2.30. The van der Waals surface area contributed by atoms with Gasteiger partial charge in [0, 0.05) is 17.7 Å². The zero-order valence-electron chi connectivity index (χ0n) is 9.08. The molecule has 1 heterocycles. The Labute approximate surface area is 96.4 Å². The number of hydrogen-bond acceptors (Lipinski definition) is 6. The molecule has 0 saturated carbocycles. The van der Waals surface area contributed by atoms with Crippen LogP contribution in [-0.4, -0.2) is 15.1 Å². The van der Waals surface area contributed by atoms with E-state index in [-0.39, 0.29) is 18.1 Å². The van der Waals surface area contributed by atoms with Gasteiger partial charge < -0.3 is 10.2 Å². The van der Waals surface area contributed by atoms with E-state index in [9.17, 15) is 10.1 Å². The molecule has 0 bridgehead atoms. The molecule has 2 rings (SSSR count). The molecule has 0 spiro atoms. The van der Waals surface area contributed by atoms with Gasteiger partial charge in [-0.1, -0.05) is 6.07 Å². The number of aromatic nitrogens is 2. The van der Waals surface area contributed by atoms with Crippen molar-refractivity contribution >= 4 is 5.69 Å². The first-order valence-corrected chi connectivity index (χ1v) is 4.89. The van der Waals surface area contributed by atoms with Crippen LogP contribution in [0.5, 0.6) is 0 Å². The molecule has 0 amide bonds. The lowest BCUT2D eigenvalue weighted by atomic mass is 10.1. The highest BCUT2D eigenvalue weighted by Crippen LogP contribution is 2.26. The molecule has 0 aliphatic carbocycles. The van der Waals surface area contributed by atoms with Crippen LogP contribution in [0.15, 0.2) is 22.6 Å². The topological polar surface area (TPSA) is 108 Å². The van der Waals surface area contributed by atoms with Gasteiger partial charge in [-0.15, -0.1) is 10.2 Å². The van der Waals surface area contributed by atoms with Gasteiger partial charge in [-0.2, -0.15) is 0 Å². The van der Waals surface area contributed by atoms with Crippen LogP contribution >= 0.6 is 0 Å². The monoisotopic (exact) mass is 234 g/mol. The second-order valence-electron chi connectivity index (χ2n) is 3.46. The molecule has 1 aromatic carbocycles. The first kappa shape index (κ1) is 11.2. The van der Waals surface area contributed by atoms with Crippen molar-refractivity contribution in [1.29, 1.82) is 0 Å². The summed E-state index contributed by atoms with van der Waals surface area (Å²) in [6.07, 6.45) is 0. The normalized spacial score (nSPS) is 10.5. The molecular weight excluding hydrogens is 224 g/mol. The van der Waals surface area contributed by atoms with Gasteiger partial charge in [-0.05, 0) is 12.5 Å². The fraction of sp³-hybridized carbons (Fsp3) is 0.200. The molecule has 0 aliphatic rings. The first-order chi connectivity index (χ1) is 8.11. The van der Waals surface area contributed by atoms with Crippen LogP contribution in [0.25, 0.3) is 11.5 Å². The van der Waals surface area contributed by atoms with Crippen LogP contribution in [0.2, 0.25) is 0 Å². The van der Waals surface area contributed by atoms with Gasteiger partial charge in [-0.3, -0.25) is 10.1 Å².